The molecule has 2 N–H and O–H groups in total. The van der Waals surface area contributed by atoms with Gasteiger partial charge in [0.15, 0.2) is 11.5 Å². The first-order chi connectivity index (χ1) is 11.5. The highest BCUT2D eigenvalue weighted by atomic mass is 19.1. The summed E-state index contributed by atoms with van der Waals surface area (Å²) in [6, 6.07) is 9.04. The van der Waals surface area contributed by atoms with E-state index in [9.17, 15) is 19.1 Å². The third-order valence-corrected chi connectivity index (χ3v) is 3.67. The number of benzene rings is 1. The second-order valence-corrected chi connectivity index (χ2v) is 5.40. The summed E-state index contributed by atoms with van der Waals surface area (Å²) in [4.78, 5) is 27.0. The minimum atomic E-state index is -0.743. The molecule has 0 aliphatic carbocycles. The number of halogens is 1. The molecule has 0 amide bonds. The van der Waals surface area contributed by atoms with Crippen molar-refractivity contribution >= 4 is 5.78 Å². The Morgan fingerprint density at radius 2 is 1.92 bits per heavy atom. The van der Waals surface area contributed by atoms with Crippen LogP contribution in [0.5, 0.6) is 5.75 Å². The fourth-order valence-electron chi connectivity index (χ4n) is 2.31. The van der Waals surface area contributed by atoms with E-state index in [-0.39, 0.29) is 22.8 Å². The summed E-state index contributed by atoms with van der Waals surface area (Å²) >= 11 is 0. The molecule has 0 aliphatic rings. The molecule has 0 spiro atoms. The number of carbonyl (C=O) groups is 1. The molecular formula is C18H14FNO4. The molecule has 0 atom stereocenters. The first-order valence-corrected chi connectivity index (χ1v) is 7.25. The number of carbonyl (C=O) groups excluding carboxylic acids is 1. The molecule has 0 saturated heterocycles. The van der Waals surface area contributed by atoms with Gasteiger partial charge in [0, 0.05) is 12.6 Å². The lowest BCUT2D eigenvalue weighted by Crippen LogP contribution is -2.16. The smallest absolute Gasteiger partial charge is 0.234 e. The Labute approximate surface area is 136 Å². The number of aromatic hydroxyl groups is 1. The summed E-state index contributed by atoms with van der Waals surface area (Å²) in [7, 11) is 0. The molecule has 6 heteroatoms. The van der Waals surface area contributed by atoms with Crippen LogP contribution in [0, 0.1) is 12.7 Å². The Hall–Kier alpha value is -3.15. The summed E-state index contributed by atoms with van der Waals surface area (Å²) < 4.78 is 18.4. The van der Waals surface area contributed by atoms with E-state index in [0.717, 1.165) is 5.56 Å². The highest BCUT2D eigenvalue weighted by Crippen LogP contribution is 2.17. The SMILES string of the molecule is Cc1[nH]cc(C(=O)c2ccc(Cc3ccc(F)cc3)o2)c(=O)c1O. The van der Waals surface area contributed by atoms with Crippen LogP contribution >= 0.6 is 0 Å². The maximum atomic E-state index is 12.9. The monoisotopic (exact) mass is 327 g/mol. The summed E-state index contributed by atoms with van der Waals surface area (Å²) in [5.74, 6) is -0.915. The van der Waals surface area contributed by atoms with Gasteiger partial charge in [0.25, 0.3) is 0 Å². The van der Waals surface area contributed by atoms with Gasteiger partial charge in [-0.1, -0.05) is 12.1 Å². The number of ketones is 1. The number of furan rings is 1. The van der Waals surface area contributed by atoms with Crippen molar-refractivity contribution in [3.05, 3.63) is 87.0 Å². The standard InChI is InChI=1S/C18H14FNO4/c1-10-16(21)18(23)14(9-20-10)17(22)15-7-6-13(24-15)8-11-2-4-12(19)5-3-11/h2-7,9,21H,8H2,1H3,(H,20,23). The van der Waals surface area contributed by atoms with Crippen molar-refractivity contribution in [1.29, 1.82) is 0 Å². The maximum Gasteiger partial charge on any atom is 0.234 e. The third-order valence-electron chi connectivity index (χ3n) is 3.67. The Balaban J connectivity index is 1.85. The first kappa shape index (κ1) is 15.7. The number of aryl methyl sites for hydroxylation is 1. The third kappa shape index (κ3) is 2.99. The number of pyridine rings is 1. The fourth-order valence-corrected chi connectivity index (χ4v) is 2.31. The minimum Gasteiger partial charge on any atom is -0.503 e. The molecule has 24 heavy (non-hydrogen) atoms. The molecule has 0 aliphatic heterocycles. The molecule has 0 saturated carbocycles. The average Bonchev–Trinajstić information content (AvgIpc) is 3.03. The maximum absolute atomic E-state index is 12.9. The summed E-state index contributed by atoms with van der Waals surface area (Å²) in [6.45, 7) is 1.53. The molecule has 2 aromatic heterocycles. The van der Waals surface area contributed by atoms with Gasteiger partial charge in [0.2, 0.25) is 11.2 Å². The number of hydrogen-bond donors (Lipinski definition) is 2. The summed E-state index contributed by atoms with van der Waals surface area (Å²) in [5, 5.41) is 9.65. The number of H-pyrrole nitrogens is 1. The molecule has 1 aromatic carbocycles. The number of hydrogen-bond acceptors (Lipinski definition) is 4. The second-order valence-electron chi connectivity index (χ2n) is 5.40. The van der Waals surface area contributed by atoms with Crippen molar-refractivity contribution in [2.45, 2.75) is 13.3 Å². The van der Waals surface area contributed by atoms with Crippen LogP contribution in [0.2, 0.25) is 0 Å². The zero-order valence-corrected chi connectivity index (χ0v) is 12.8. The van der Waals surface area contributed by atoms with Crippen LogP contribution in [0.25, 0.3) is 0 Å². The van der Waals surface area contributed by atoms with Crippen molar-refractivity contribution in [2.75, 3.05) is 0 Å². The van der Waals surface area contributed by atoms with Crippen LogP contribution < -0.4 is 5.43 Å². The van der Waals surface area contributed by atoms with E-state index in [1.54, 1.807) is 18.2 Å². The van der Waals surface area contributed by atoms with Crippen molar-refractivity contribution in [1.82, 2.24) is 4.98 Å². The van der Waals surface area contributed by atoms with Crippen molar-refractivity contribution < 1.29 is 18.7 Å². The highest BCUT2D eigenvalue weighted by Gasteiger charge is 2.19. The Morgan fingerprint density at radius 1 is 1.21 bits per heavy atom. The fraction of sp³-hybridized carbons (Fsp3) is 0.111. The van der Waals surface area contributed by atoms with Gasteiger partial charge in [-0.3, -0.25) is 9.59 Å². The average molecular weight is 327 g/mol. The van der Waals surface area contributed by atoms with Gasteiger partial charge >= 0.3 is 0 Å². The van der Waals surface area contributed by atoms with Crippen molar-refractivity contribution in [3.8, 4) is 5.75 Å². The molecule has 5 nitrogen and oxygen atoms in total. The zero-order valence-electron chi connectivity index (χ0n) is 12.8. The minimum absolute atomic E-state index is 0.000801. The Kier molecular flexibility index (Phi) is 4.04. The lowest BCUT2D eigenvalue weighted by molar-refractivity contribution is 0.101. The molecule has 3 rings (SSSR count). The van der Waals surface area contributed by atoms with Crippen LogP contribution in [0.15, 0.2) is 51.8 Å². The second kappa shape index (κ2) is 6.16. The lowest BCUT2D eigenvalue weighted by Gasteiger charge is -2.02. The normalized spacial score (nSPS) is 10.8. The van der Waals surface area contributed by atoms with Crippen LogP contribution in [0.4, 0.5) is 4.39 Å². The van der Waals surface area contributed by atoms with Crippen LogP contribution in [-0.2, 0) is 6.42 Å². The first-order valence-electron chi connectivity index (χ1n) is 7.25. The summed E-state index contributed by atoms with van der Waals surface area (Å²) in [5.41, 5.74) is 0.178. The van der Waals surface area contributed by atoms with Gasteiger partial charge in [-0.25, -0.2) is 4.39 Å². The molecule has 2 heterocycles. The van der Waals surface area contributed by atoms with E-state index < -0.39 is 17.0 Å². The molecule has 0 radical (unpaired) electrons. The van der Waals surface area contributed by atoms with E-state index in [4.69, 9.17) is 4.42 Å². The molecule has 3 aromatic rings. The van der Waals surface area contributed by atoms with Gasteiger partial charge in [-0.2, -0.15) is 0 Å². The van der Waals surface area contributed by atoms with E-state index in [0.29, 0.717) is 12.2 Å². The molecule has 0 fully saturated rings. The summed E-state index contributed by atoms with van der Waals surface area (Å²) in [6.07, 6.45) is 1.64. The quantitative estimate of drug-likeness (QED) is 0.722. The van der Waals surface area contributed by atoms with Gasteiger partial charge in [-0.15, -0.1) is 0 Å². The van der Waals surface area contributed by atoms with Gasteiger partial charge in [-0.05, 0) is 36.8 Å². The molecular weight excluding hydrogens is 313 g/mol. The number of aromatic nitrogens is 1. The van der Waals surface area contributed by atoms with E-state index in [1.807, 2.05) is 0 Å². The zero-order chi connectivity index (χ0) is 17.3. The topological polar surface area (TPSA) is 83.3 Å². The van der Waals surface area contributed by atoms with E-state index in [2.05, 4.69) is 4.98 Å². The van der Waals surface area contributed by atoms with Crippen LogP contribution in [0.1, 0.15) is 33.1 Å². The van der Waals surface area contributed by atoms with Crippen molar-refractivity contribution in [2.24, 2.45) is 0 Å². The largest absolute Gasteiger partial charge is 0.503 e. The predicted molar refractivity (Wildman–Crippen MR) is 84.8 cm³/mol. The lowest BCUT2D eigenvalue weighted by atomic mass is 10.1. The van der Waals surface area contributed by atoms with Crippen LogP contribution in [-0.4, -0.2) is 15.9 Å². The number of rotatable bonds is 4. The van der Waals surface area contributed by atoms with Gasteiger partial charge in [0.05, 0.1) is 11.3 Å². The van der Waals surface area contributed by atoms with E-state index >= 15 is 0 Å². The van der Waals surface area contributed by atoms with Crippen LogP contribution in [0.3, 0.4) is 0 Å². The van der Waals surface area contributed by atoms with Crippen molar-refractivity contribution in [3.63, 3.8) is 0 Å². The number of aromatic amines is 1. The molecule has 0 unspecified atom stereocenters. The Morgan fingerprint density at radius 3 is 2.62 bits per heavy atom. The molecule has 122 valence electrons. The van der Waals surface area contributed by atoms with E-state index in [1.165, 1.54) is 31.3 Å². The highest BCUT2D eigenvalue weighted by molar-refractivity contribution is 6.07. The molecule has 0 bridgehead atoms. The van der Waals surface area contributed by atoms with Gasteiger partial charge < -0.3 is 14.5 Å². The number of nitrogens with one attached hydrogen (secondary N) is 1. The Bertz CT molecular complexity index is 954. The van der Waals surface area contributed by atoms with Gasteiger partial charge in [0.1, 0.15) is 11.6 Å². The predicted octanol–water partition coefficient (Wildman–Crippen LogP) is 2.94.